The number of benzene rings is 2. The van der Waals surface area contributed by atoms with E-state index in [4.69, 9.17) is 23.2 Å². The van der Waals surface area contributed by atoms with Crippen LogP contribution in [0.2, 0.25) is 10.0 Å². The molecular formula is C24H19Cl2F5N2O4. The highest BCUT2D eigenvalue weighted by Gasteiger charge is 2.44. The molecule has 3 aromatic rings. The Bertz CT molecular complexity index is 1380. The van der Waals surface area contributed by atoms with Gasteiger partial charge >= 0.3 is 12.5 Å². The summed E-state index contributed by atoms with van der Waals surface area (Å²) < 4.78 is 70.5. The minimum Gasteiger partial charge on any atom is -0.502 e. The van der Waals surface area contributed by atoms with Gasteiger partial charge in [-0.15, -0.1) is 0 Å². The number of aryl methyl sites for hydroxylation is 1. The molecule has 0 aliphatic carbocycles. The predicted octanol–water partition coefficient (Wildman–Crippen LogP) is 5.80. The zero-order chi connectivity index (χ0) is 27.5. The second-order valence-electron chi connectivity index (χ2n) is 7.90. The van der Waals surface area contributed by atoms with Gasteiger partial charge in [-0.05, 0) is 48.7 Å². The molecule has 0 atom stereocenters. The molecule has 0 aliphatic rings. The number of nitrogens with one attached hydrogen (secondary N) is 1. The molecule has 0 unspecified atom stereocenters. The first-order chi connectivity index (χ1) is 17.3. The second kappa shape index (κ2) is 11.4. The first kappa shape index (κ1) is 28.3. The van der Waals surface area contributed by atoms with Crippen LogP contribution in [0.5, 0.6) is 11.5 Å². The van der Waals surface area contributed by atoms with Gasteiger partial charge in [0.15, 0.2) is 5.75 Å². The largest absolute Gasteiger partial charge is 0.502 e. The van der Waals surface area contributed by atoms with Crippen LogP contribution < -0.4 is 15.6 Å². The fourth-order valence-corrected chi connectivity index (χ4v) is 3.71. The van der Waals surface area contributed by atoms with Gasteiger partial charge in [-0.2, -0.15) is 17.6 Å². The van der Waals surface area contributed by atoms with Crippen molar-refractivity contribution in [3.63, 3.8) is 0 Å². The Kier molecular flexibility index (Phi) is 8.70. The second-order valence-corrected chi connectivity index (χ2v) is 8.72. The van der Waals surface area contributed by atoms with Gasteiger partial charge in [0.2, 0.25) is 0 Å². The van der Waals surface area contributed by atoms with Crippen molar-refractivity contribution in [2.75, 3.05) is 6.54 Å². The Hall–Kier alpha value is -3.31. The van der Waals surface area contributed by atoms with E-state index in [-0.39, 0.29) is 17.8 Å². The fraction of sp³-hybridized carbons (Fsp3) is 0.250. The fourth-order valence-electron chi connectivity index (χ4n) is 3.39. The molecule has 2 aromatic carbocycles. The standard InChI is InChI=1S/C24H19Cl2F5N2O4/c1-33-19(13-8-14(27)10-15(9-13)37-24(30,31)23(28)29)11-16(20(34)22(33)36)21(35)32-6-2-3-12-4-5-17(25)18(26)7-12/h4-5,7-11,23,34H,2-3,6H2,1H3,(H,32,35). The van der Waals surface area contributed by atoms with E-state index < -0.39 is 46.9 Å². The quantitative estimate of drug-likeness (QED) is 0.254. The SMILES string of the molecule is Cn1c(-c2cc(F)cc(OC(F)(F)C(F)F)c2)cc(C(=O)NCCCc2ccc(Cl)c(Cl)c2)c(O)c1=O. The van der Waals surface area contributed by atoms with E-state index in [2.05, 4.69) is 10.1 Å². The summed E-state index contributed by atoms with van der Waals surface area (Å²) in [7, 11) is 1.18. The van der Waals surface area contributed by atoms with Gasteiger partial charge in [-0.3, -0.25) is 9.59 Å². The van der Waals surface area contributed by atoms with Crippen molar-refractivity contribution in [2.24, 2.45) is 7.05 Å². The number of alkyl halides is 4. The highest BCUT2D eigenvalue weighted by atomic mass is 35.5. The van der Waals surface area contributed by atoms with Crippen LogP contribution >= 0.6 is 23.2 Å². The van der Waals surface area contributed by atoms with Gasteiger partial charge in [0.05, 0.1) is 21.3 Å². The molecule has 1 aromatic heterocycles. The van der Waals surface area contributed by atoms with Crippen LogP contribution in [0.15, 0.2) is 47.3 Å². The Balaban J connectivity index is 1.83. The third kappa shape index (κ3) is 6.72. The normalized spacial score (nSPS) is 11.6. The smallest absolute Gasteiger partial charge is 0.461 e. The van der Waals surface area contributed by atoms with E-state index in [1.807, 2.05) is 0 Å². The number of halogens is 7. The lowest BCUT2D eigenvalue weighted by Crippen LogP contribution is -2.33. The van der Waals surface area contributed by atoms with Crippen LogP contribution in [0.25, 0.3) is 11.3 Å². The van der Waals surface area contributed by atoms with E-state index in [1.54, 1.807) is 18.2 Å². The van der Waals surface area contributed by atoms with E-state index in [0.717, 1.165) is 28.3 Å². The number of hydrogen-bond donors (Lipinski definition) is 2. The van der Waals surface area contributed by atoms with Crippen molar-refractivity contribution in [1.29, 1.82) is 0 Å². The molecule has 13 heteroatoms. The minimum atomic E-state index is -4.89. The van der Waals surface area contributed by atoms with Gasteiger partial charge in [0, 0.05) is 25.2 Å². The van der Waals surface area contributed by atoms with Gasteiger partial charge in [-0.25, -0.2) is 4.39 Å². The first-order valence-corrected chi connectivity index (χ1v) is 11.4. The molecule has 0 fully saturated rings. The number of amides is 1. The summed E-state index contributed by atoms with van der Waals surface area (Å²) in [5, 5.41) is 13.5. The molecule has 0 saturated heterocycles. The van der Waals surface area contributed by atoms with Crippen LogP contribution in [0.4, 0.5) is 22.0 Å². The Morgan fingerprint density at radius 3 is 2.49 bits per heavy atom. The lowest BCUT2D eigenvalue weighted by Gasteiger charge is -2.18. The number of rotatable bonds is 9. The zero-order valence-corrected chi connectivity index (χ0v) is 20.5. The van der Waals surface area contributed by atoms with Crippen molar-refractivity contribution in [2.45, 2.75) is 25.4 Å². The third-order valence-corrected chi connectivity index (χ3v) is 5.98. The van der Waals surface area contributed by atoms with Crippen LogP contribution in [-0.4, -0.2) is 34.7 Å². The van der Waals surface area contributed by atoms with Gasteiger partial charge in [0.25, 0.3) is 11.5 Å². The Morgan fingerprint density at radius 2 is 1.84 bits per heavy atom. The number of carbonyl (C=O) groups is 1. The topological polar surface area (TPSA) is 80.6 Å². The molecule has 0 spiro atoms. The van der Waals surface area contributed by atoms with Crippen molar-refractivity contribution in [3.8, 4) is 22.8 Å². The average molecular weight is 565 g/mol. The summed E-state index contributed by atoms with van der Waals surface area (Å²) in [4.78, 5) is 25.2. The summed E-state index contributed by atoms with van der Waals surface area (Å²) in [6.45, 7) is 0.143. The maximum Gasteiger partial charge on any atom is 0.461 e. The highest BCUT2D eigenvalue weighted by molar-refractivity contribution is 6.42. The van der Waals surface area contributed by atoms with Crippen molar-refractivity contribution in [1.82, 2.24) is 9.88 Å². The minimum absolute atomic E-state index is 0.143. The van der Waals surface area contributed by atoms with Crippen LogP contribution in [0.3, 0.4) is 0 Å². The number of hydrogen-bond acceptors (Lipinski definition) is 4. The van der Waals surface area contributed by atoms with Crippen molar-refractivity contribution in [3.05, 3.63) is 79.8 Å². The monoisotopic (exact) mass is 564 g/mol. The molecule has 37 heavy (non-hydrogen) atoms. The summed E-state index contributed by atoms with van der Waals surface area (Å²) >= 11 is 11.8. The predicted molar refractivity (Wildman–Crippen MR) is 127 cm³/mol. The lowest BCUT2D eigenvalue weighted by atomic mass is 10.1. The van der Waals surface area contributed by atoms with Gasteiger partial charge in [0.1, 0.15) is 11.6 Å². The van der Waals surface area contributed by atoms with Gasteiger partial charge < -0.3 is 19.7 Å². The average Bonchev–Trinajstić information content (AvgIpc) is 2.81. The van der Waals surface area contributed by atoms with E-state index in [9.17, 15) is 36.6 Å². The lowest BCUT2D eigenvalue weighted by molar-refractivity contribution is -0.253. The Morgan fingerprint density at radius 1 is 1.14 bits per heavy atom. The molecule has 3 rings (SSSR count). The number of aromatic hydroxyl groups is 1. The van der Waals surface area contributed by atoms with Crippen LogP contribution in [0.1, 0.15) is 22.3 Å². The summed E-state index contributed by atoms with van der Waals surface area (Å²) in [5.74, 6) is -3.80. The number of ether oxygens (including phenoxy) is 1. The number of pyridine rings is 1. The Labute approximate surface area is 217 Å². The summed E-state index contributed by atoms with van der Waals surface area (Å²) in [6.07, 6.45) is -8.08. The molecule has 1 heterocycles. The molecule has 0 bridgehead atoms. The molecule has 0 saturated carbocycles. The van der Waals surface area contributed by atoms with Crippen LogP contribution in [-0.2, 0) is 13.5 Å². The molecule has 6 nitrogen and oxygen atoms in total. The van der Waals surface area contributed by atoms with E-state index in [1.165, 1.54) is 7.05 Å². The van der Waals surface area contributed by atoms with Crippen molar-refractivity contribution < 1.29 is 36.6 Å². The highest BCUT2D eigenvalue weighted by Crippen LogP contribution is 2.32. The molecule has 0 radical (unpaired) electrons. The molecule has 2 N–H and O–H groups in total. The molecule has 0 aliphatic heterocycles. The van der Waals surface area contributed by atoms with Gasteiger partial charge in [-0.1, -0.05) is 29.3 Å². The number of carbonyl (C=O) groups excluding carboxylic acids is 1. The van der Waals surface area contributed by atoms with Crippen LogP contribution in [0, 0.1) is 5.82 Å². The van der Waals surface area contributed by atoms with E-state index >= 15 is 0 Å². The maximum absolute atomic E-state index is 14.1. The molecule has 1 amide bonds. The maximum atomic E-state index is 14.1. The third-order valence-electron chi connectivity index (χ3n) is 5.24. The molecular weight excluding hydrogens is 546 g/mol. The number of nitrogens with zero attached hydrogens (tertiary/aromatic N) is 1. The summed E-state index contributed by atoms with van der Waals surface area (Å²) in [5.41, 5.74) is -1.05. The summed E-state index contributed by atoms with van der Waals surface area (Å²) in [6, 6.07) is 8.19. The number of aromatic nitrogens is 1. The molecule has 198 valence electrons. The first-order valence-electron chi connectivity index (χ1n) is 10.6. The van der Waals surface area contributed by atoms with E-state index in [0.29, 0.717) is 29.0 Å². The zero-order valence-electron chi connectivity index (χ0n) is 19.0. The van der Waals surface area contributed by atoms with Crippen molar-refractivity contribution >= 4 is 29.1 Å².